The van der Waals surface area contributed by atoms with Crippen LogP contribution in [0, 0.1) is 11.3 Å². The molecule has 3 aromatic rings. The summed E-state index contributed by atoms with van der Waals surface area (Å²) in [5.41, 5.74) is 1.52. The molecule has 5 rings (SSSR count). The van der Waals surface area contributed by atoms with E-state index in [1.807, 2.05) is 30.3 Å². The lowest BCUT2D eigenvalue weighted by Crippen LogP contribution is -2.55. The first-order valence-corrected chi connectivity index (χ1v) is 11.8. The van der Waals surface area contributed by atoms with Crippen LogP contribution in [0.25, 0.3) is 11.3 Å². The number of oxazole rings is 1. The van der Waals surface area contributed by atoms with Crippen LogP contribution < -0.4 is 15.5 Å². The average molecular weight is 444 g/mol. The van der Waals surface area contributed by atoms with Gasteiger partial charge in [-0.05, 0) is 25.7 Å². The second-order valence-corrected chi connectivity index (χ2v) is 8.87. The Morgan fingerprint density at radius 1 is 0.939 bits per heavy atom. The molecule has 33 heavy (non-hydrogen) atoms. The van der Waals surface area contributed by atoms with Crippen LogP contribution in [0.5, 0.6) is 0 Å². The minimum Gasteiger partial charge on any atom is -0.424 e. The Morgan fingerprint density at radius 3 is 2.52 bits per heavy atom. The molecule has 3 atom stereocenters. The number of nitrogens with one attached hydrogen (secondary N) is 2. The lowest BCUT2D eigenvalue weighted by molar-refractivity contribution is 0.290. The van der Waals surface area contributed by atoms with Crippen LogP contribution in [0.4, 0.5) is 12.0 Å². The maximum absolute atomic E-state index is 8.98. The summed E-state index contributed by atoms with van der Waals surface area (Å²) in [4.78, 5) is 15.5. The summed E-state index contributed by atoms with van der Waals surface area (Å²) in [5.74, 6) is 1.48. The van der Waals surface area contributed by atoms with Gasteiger partial charge in [-0.2, -0.15) is 5.26 Å². The van der Waals surface area contributed by atoms with E-state index in [-0.39, 0.29) is 6.04 Å². The number of rotatable bonds is 6. The molecule has 0 unspecified atom stereocenters. The average Bonchev–Trinajstić information content (AvgIpc) is 3.35. The van der Waals surface area contributed by atoms with Crippen molar-refractivity contribution in [2.75, 3.05) is 23.3 Å². The van der Waals surface area contributed by atoms with Crippen LogP contribution >= 0.6 is 0 Å². The molecule has 3 heterocycles. The zero-order chi connectivity index (χ0) is 22.5. The highest BCUT2D eigenvalue weighted by molar-refractivity contribution is 5.57. The van der Waals surface area contributed by atoms with Crippen LogP contribution in [0.2, 0.25) is 0 Å². The summed E-state index contributed by atoms with van der Waals surface area (Å²) < 4.78 is 6.01. The van der Waals surface area contributed by atoms with Gasteiger partial charge >= 0.3 is 0 Å². The third-order valence-electron chi connectivity index (χ3n) is 6.56. The molecule has 0 radical (unpaired) electrons. The van der Waals surface area contributed by atoms with Crippen LogP contribution in [0.15, 0.2) is 53.3 Å². The standard InChI is InChI=1S/C25H29N7O/c26-13-18-14-27-24(28-15-18)32-12-6-9-20(17-32)30-21-10-4-5-11-22(21)31-25-29-16-23(33-25)19-7-2-1-3-8-19/h1-3,7-8,14-16,20-22,30H,4-6,9-12,17H2,(H,29,31)/t20-,21+,22+/m0/s1. The molecule has 1 aromatic carbocycles. The molecule has 1 saturated carbocycles. The summed E-state index contributed by atoms with van der Waals surface area (Å²) in [6, 6.07) is 13.7. The van der Waals surface area contributed by atoms with E-state index in [1.165, 1.54) is 12.8 Å². The van der Waals surface area contributed by atoms with Gasteiger partial charge in [-0.3, -0.25) is 0 Å². The lowest BCUT2D eigenvalue weighted by Gasteiger charge is -2.39. The predicted octanol–water partition coefficient (Wildman–Crippen LogP) is 3.98. The summed E-state index contributed by atoms with van der Waals surface area (Å²) in [5, 5.41) is 16.4. The van der Waals surface area contributed by atoms with E-state index >= 15 is 0 Å². The molecule has 8 nitrogen and oxygen atoms in total. The number of hydrogen-bond donors (Lipinski definition) is 2. The molecule has 2 aromatic heterocycles. The molecule has 0 bridgehead atoms. The van der Waals surface area contributed by atoms with Crippen molar-refractivity contribution in [3.63, 3.8) is 0 Å². The summed E-state index contributed by atoms with van der Waals surface area (Å²) in [6.45, 7) is 1.81. The monoisotopic (exact) mass is 443 g/mol. The molecule has 2 aliphatic rings. The maximum Gasteiger partial charge on any atom is 0.295 e. The molecule has 1 saturated heterocycles. The molecular formula is C25H29N7O. The van der Waals surface area contributed by atoms with Crippen molar-refractivity contribution in [3.05, 3.63) is 54.5 Å². The van der Waals surface area contributed by atoms with Crippen molar-refractivity contribution in [2.45, 2.75) is 56.7 Å². The van der Waals surface area contributed by atoms with E-state index in [0.29, 0.717) is 29.6 Å². The van der Waals surface area contributed by atoms with E-state index in [9.17, 15) is 0 Å². The molecular weight excluding hydrogens is 414 g/mol. The quantitative estimate of drug-likeness (QED) is 0.590. The van der Waals surface area contributed by atoms with Crippen LogP contribution in [0.3, 0.4) is 0 Å². The summed E-state index contributed by atoms with van der Waals surface area (Å²) in [7, 11) is 0. The van der Waals surface area contributed by atoms with Crippen molar-refractivity contribution in [2.24, 2.45) is 0 Å². The number of aromatic nitrogens is 3. The van der Waals surface area contributed by atoms with E-state index in [4.69, 9.17) is 9.68 Å². The lowest BCUT2D eigenvalue weighted by atomic mass is 9.89. The maximum atomic E-state index is 8.98. The Balaban J connectivity index is 1.22. The minimum atomic E-state index is 0.280. The van der Waals surface area contributed by atoms with E-state index in [2.05, 4.69) is 36.6 Å². The molecule has 1 aliphatic heterocycles. The van der Waals surface area contributed by atoms with Crippen molar-refractivity contribution >= 4 is 12.0 Å². The number of benzene rings is 1. The van der Waals surface area contributed by atoms with Gasteiger partial charge in [0.05, 0.1) is 24.2 Å². The fraction of sp³-hybridized carbons (Fsp3) is 0.440. The second-order valence-electron chi connectivity index (χ2n) is 8.87. The number of nitrogens with zero attached hydrogens (tertiary/aromatic N) is 5. The molecule has 2 fully saturated rings. The van der Waals surface area contributed by atoms with Gasteiger partial charge in [0.2, 0.25) is 5.95 Å². The van der Waals surface area contributed by atoms with E-state index in [0.717, 1.165) is 50.1 Å². The smallest absolute Gasteiger partial charge is 0.295 e. The number of anilines is 2. The highest BCUT2D eigenvalue weighted by atomic mass is 16.4. The molecule has 170 valence electrons. The molecule has 0 spiro atoms. The van der Waals surface area contributed by atoms with Crippen molar-refractivity contribution in [3.8, 4) is 17.4 Å². The van der Waals surface area contributed by atoms with Gasteiger partial charge in [0.1, 0.15) is 6.07 Å². The molecule has 8 heteroatoms. The van der Waals surface area contributed by atoms with Gasteiger partial charge in [0.25, 0.3) is 6.01 Å². The largest absolute Gasteiger partial charge is 0.424 e. The van der Waals surface area contributed by atoms with Gasteiger partial charge in [0.15, 0.2) is 5.76 Å². The fourth-order valence-electron chi connectivity index (χ4n) is 4.88. The number of hydrogen-bond acceptors (Lipinski definition) is 8. The van der Waals surface area contributed by atoms with Crippen molar-refractivity contribution in [1.82, 2.24) is 20.3 Å². The zero-order valence-corrected chi connectivity index (χ0v) is 18.7. The first kappa shape index (κ1) is 21.4. The van der Waals surface area contributed by atoms with Crippen LogP contribution in [-0.2, 0) is 0 Å². The van der Waals surface area contributed by atoms with Crippen molar-refractivity contribution < 1.29 is 4.42 Å². The van der Waals surface area contributed by atoms with Crippen molar-refractivity contribution in [1.29, 1.82) is 5.26 Å². The topological polar surface area (TPSA) is 103 Å². The molecule has 0 amide bonds. The first-order chi connectivity index (χ1) is 16.3. The third-order valence-corrected chi connectivity index (χ3v) is 6.56. The Labute approximate surface area is 194 Å². The van der Waals surface area contributed by atoms with E-state index < -0.39 is 0 Å². The predicted molar refractivity (Wildman–Crippen MR) is 127 cm³/mol. The Hall–Kier alpha value is -3.44. The van der Waals surface area contributed by atoms with Gasteiger partial charge in [-0.25, -0.2) is 15.0 Å². The van der Waals surface area contributed by atoms with E-state index in [1.54, 1.807) is 18.6 Å². The molecule has 2 N–H and O–H groups in total. The zero-order valence-electron chi connectivity index (χ0n) is 18.7. The van der Waals surface area contributed by atoms with Gasteiger partial charge < -0.3 is 20.0 Å². The SMILES string of the molecule is N#Cc1cnc(N2CCC[C@H](N[C@@H]3CCCC[C@H]3Nc3ncc(-c4ccccc4)o3)C2)nc1. The van der Waals surface area contributed by atoms with Gasteiger partial charge in [-0.15, -0.1) is 0 Å². The van der Waals surface area contributed by atoms with Gasteiger partial charge in [-0.1, -0.05) is 43.2 Å². The minimum absolute atomic E-state index is 0.280. The van der Waals surface area contributed by atoms with Gasteiger partial charge in [0, 0.05) is 36.8 Å². The fourth-order valence-corrected chi connectivity index (χ4v) is 4.88. The Kier molecular flexibility index (Phi) is 6.49. The van der Waals surface area contributed by atoms with Crippen LogP contribution in [0.1, 0.15) is 44.1 Å². The highest BCUT2D eigenvalue weighted by Crippen LogP contribution is 2.27. The third kappa shape index (κ3) is 5.15. The van der Waals surface area contributed by atoms with Crippen LogP contribution in [-0.4, -0.2) is 46.2 Å². The first-order valence-electron chi connectivity index (χ1n) is 11.8. The summed E-state index contributed by atoms with van der Waals surface area (Å²) >= 11 is 0. The number of piperidine rings is 1. The molecule has 1 aliphatic carbocycles. The highest BCUT2D eigenvalue weighted by Gasteiger charge is 2.30. The summed E-state index contributed by atoms with van der Waals surface area (Å²) in [6.07, 6.45) is 11.9. The normalized spacial score (nSPS) is 23.1. The Morgan fingerprint density at radius 2 is 1.73 bits per heavy atom. The second kappa shape index (κ2) is 10.0. The number of nitriles is 1. The Bertz CT molecular complexity index is 1080.